The molecule has 0 saturated carbocycles. The number of aliphatic hydroxyl groups excluding tert-OH is 1. The summed E-state index contributed by atoms with van der Waals surface area (Å²) in [6.45, 7) is 0.191. The first kappa shape index (κ1) is 11.1. The maximum Gasteiger partial charge on any atom is 0.214 e. The summed E-state index contributed by atoms with van der Waals surface area (Å²) in [6, 6.07) is 3.50. The topological polar surface area (TPSA) is 68.4 Å². The number of nitrogens with zero attached hydrogens (tertiary/aromatic N) is 1. The van der Waals surface area contributed by atoms with E-state index in [1.165, 1.54) is 11.8 Å². The number of anilines is 1. The number of aromatic nitrogens is 1. The Kier molecular flexibility index (Phi) is 4.55. The average molecular weight is 214 g/mol. The van der Waals surface area contributed by atoms with Crippen LogP contribution in [0.25, 0.3) is 0 Å². The van der Waals surface area contributed by atoms with E-state index in [2.05, 4.69) is 4.98 Å². The van der Waals surface area contributed by atoms with Crippen molar-refractivity contribution in [3.05, 3.63) is 12.1 Å². The predicted molar refractivity (Wildman–Crippen MR) is 57.6 cm³/mol. The van der Waals surface area contributed by atoms with E-state index in [9.17, 15) is 0 Å². The van der Waals surface area contributed by atoms with Crippen molar-refractivity contribution < 1.29 is 9.84 Å². The molecule has 0 bridgehead atoms. The second kappa shape index (κ2) is 5.72. The van der Waals surface area contributed by atoms with Crippen molar-refractivity contribution >= 4 is 17.4 Å². The third-order valence-electron chi connectivity index (χ3n) is 1.61. The van der Waals surface area contributed by atoms with Gasteiger partial charge in [0.15, 0.2) is 0 Å². The molecule has 1 rings (SSSR count). The van der Waals surface area contributed by atoms with Crippen molar-refractivity contribution in [2.45, 2.75) is 11.4 Å². The Hall–Kier alpha value is -0.940. The van der Waals surface area contributed by atoms with Gasteiger partial charge in [0.2, 0.25) is 5.88 Å². The lowest BCUT2D eigenvalue weighted by molar-refractivity contribution is 0.296. The van der Waals surface area contributed by atoms with Gasteiger partial charge < -0.3 is 15.6 Å². The highest BCUT2D eigenvalue weighted by Crippen LogP contribution is 2.25. The molecule has 0 amide bonds. The van der Waals surface area contributed by atoms with Gasteiger partial charge in [0.1, 0.15) is 5.03 Å². The molecule has 5 heteroatoms. The summed E-state index contributed by atoms with van der Waals surface area (Å²) in [5.41, 5.74) is 6.37. The van der Waals surface area contributed by atoms with Crippen LogP contribution in [0.15, 0.2) is 17.2 Å². The molecule has 0 aromatic carbocycles. The first-order chi connectivity index (χ1) is 6.77. The third-order valence-corrected chi connectivity index (χ3v) is 2.71. The molecule has 1 aromatic heterocycles. The Morgan fingerprint density at radius 3 is 3.00 bits per heavy atom. The fraction of sp³-hybridized carbons (Fsp3) is 0.444. The lowest BCUT2D eigenvalue weighted by Crippen LogP contribution is -1.96. The van der Waals surface area contributed by atoms with E-state index >= 15 is 0 Å². The molecule has 0 fully saturated rings. The summed E-state index contributed by atoms with van der Waals surface area (Å²) in [5, 5.41) is 9.39. The summed E-state index contributed by atoms with van der Waals surface area (Å²) >= 11 is 1.53. The van der Waals surface area contributed by atoms with Gasteiger partial charge in [-0.1, -0.05) is 0 Å². The minimum absolute atomic E-state index is 0.191. The number of thioether (sulfide) groups is 1. The van der Waals surface area contributed by atoms with Crippen molar-refractivity contribution in [2.75, 3.05) is 25.2 Å². The quantitative estimate of drug-likeness (QED) is 0.568. The van der Waals surface area contributed by atoms with Gasteiger partial charge >= 0.3 is 0 Å². The molecular formula is C9H14N2O2S. The standard InChI is InChI=1S/C9H14N2O2S/c1-13-8-4-3-7(10)9(11-8)14-6-2-5-12/h3-4,12H,2,5-6,10H2,1H3. The summed E-state index contributed by atoms with van der Waals surface area (Å²) < 4.78 is 4.99. The molecular weight excluding hydrogens is 200 g/mol. The van der Waals surface area contributed by atoms with Crippen LogP contribution < -0.4 is 10.5 Å². The predicted octanol–water partition coefficient (Wildman–Crippen LogP) is 1.15. The molecule has 0 unspecified atom stereocenters. The molecule has 1 aromatic rings. The first-order valence-electron chi connectivity index (χ1n) is 4.32. The molecule has 0 radical (unpaired) electrons. The van der Waals surface area contributed by atoms with Crippen LogP contribution in [0.1, 0.15) is 6.42 Å². The van der Waals surface area contributed by atoms with Gasteiger partial charge in [-0.15, -0.1) is 11.8 Å². The number of ether oxygens (including phenoxy) is 1. The Morgan fingerprint density at radius 2 is 2.36 bits per heavy atom. The summed E-state index contributed by atoms with van der Waals surface area (Å²) in [6.07, 6.45) is 0.739. The summed E-state index contributed by atoms with van der Waals surface area (Å²) in [5.74, 6) is 1.37. The van der Waals surface area contributed by atoms with Crippen LogP contribution in [0.3, 0.4) is 0 Å². The Bertz CT molecular complexity index is 294. The van der Waals surface area contributed by atoms with Crippen LogP contribution in [-0.2, 0) is 0 Å². The fourth-order valence-electron chi connectivity index (χ4n) is 0.897. The van der Waals surface area contributed by atoms with Crippen LogP contribution in [0.5, 0.6) is 5.88 Å². The van der Waals surface area contributed by atoms with E-state index in [0.717, 1.165) is 17.2 Å². The third kappa shape index (κ3) is 3.08. The minimum Gasteiger partial charge on any atom is -0.481 e. The number of nitrogen functional groups attached to an aromatic ring is 1. The molecule has 0 aliphatic carbocycles. The highest BCUT2D eigenvalue weighted by Gasteiger charge is 2.03. The second-order valence-electron chi connectivity index (χ2n) is 2.67. The molecule has 0 aliphatic rings. The molecule has 0 atom stereocenters. The van der Waals surface area contributed by atoms with Crippen LogP contribution in [0, 0.1) is 0 Å². The van der Waals surface area contributed by atoms with E-state index in [1.54, 1.807) is 19.2 Å². The number of methoxy groups -OCH3 is 1. The van der Waals surface area contributed by atoms with Gasteiger partial charge in [-0.05, 0) is 12.5 Å². The van der Waals surface area contributed by atoms with E-state index in [1.807, 2.05) is 0 Å². The smallest absolute Gasteiger partial charge is 0.214 e. The Balaban J connectivity index is 2.64. The molecule has 0 saturated heterocycles. The molecule has 4 nitrogen and oxygen atoms in total. The molecule has 14 heavy (non-hydrogen) atoms. The van der Waals surface area contributed by atoms with Crippen molar-refractivity contribution in [1.29, 1.82) is 0 Å². The zero-order chi connectivity index (χ0) is 10.4. The number of aliphatic hydroxyl groups is 1. The molecule has 78 valence electrons. The maximum absolute atomic E-state index is 8.62. The molecule has 1 heterocycles. The number of rotatable bonds is 5. The minimum atomic E-state index is 0.191. The van der Waals surface area contributed by atoms with Gasteiger partial charge in [-0.3, -0.25) is 0 Å². The van der Waals surface area contributed by atoms with E-state index in [4.69, 9.17) is 15.6 Å². The Morgan fingerprint density at radius 1 is 1.57 bits per heavy atom. The molecule has 3 N–H and O–H groups in total. The van der Waals surface area contributed by atoms with E-state index in [0.29, 0.717) is 11.6 Å². The highest BCUT2D eigenvalue weighted by atomic mass is 32.2. The number of hydrogen-bond acceptors (Lipinski definition) is 5. The normalized spacial score (nSPS) is 10.1. The number of hydrogen-bond donors (Lipinski definition) is 2. The first-order valence-corrected chi connectivity index (χ1v) is 5.30. The van der Waals surface area contributed by atoms with E-state index < -0.39 is 0 Å². The summed E-state index contributed by atoms with van der Waals surface area (Å²) in [4.78, 5) is 4.20. The van der Waals surface area contributed by atoms with Gasteiger partial charge in [-0.2, -0.15) is 0 Å². The van der Waals surface area contributed by atoms with Crippen LogP contribution >= 0.6 is 11.8 Å². The van der Waals surface area contributed by atoms with Gasteiger partial charge in [0.05, 0.1) is 12.8 Å². The summed E-state index contributed by atoms with van der Waals surface area (Å²) in [7, 11) is 1.57. The molecule has 0 aliphatic heterocycles. The average Bonchev–Trinajstić information content (AvgIpc) is 2.21. The van der Waals surface area contributed by atoms with Gasteiger partial charge in [0.25, 0.3) is 0 Å². The fourth-order valence-corrected chi connectivity index (χ4v) is 1.75. The maximum atomic E-state index is 8.62. The number of pyridine rings is 1. The van der Waals surface area contributed by atoms with Crippen LogP contribution in [0.4, 0.5) is 5.69 Å². The SMILES string of the molecule is COc1ccc(N)c(SCCCO)n1. The van der Waals surface area contributed by atoms with Crippen LogP contribution in [-0.4, -0.2) is 29.6 Å². The second-order valence-corrected chi connectivity index (χ2v) is 3.76. The monoisotopic (exact) mass is 214 g/mol. The van der Waals surface area contributed by atoms with Crippen molar-refractivity contribution in [3.63, 3.8) is 0 Å². The lowest BCUT2D eigenvalue weighted by Gasteiger charge is -2.05. The highest BCUT2D eigenvalue weighted by molar-refractivity contribution is 7.99. The molecule has 0 spiro atoms. The lowest BCUT2D eigenvalue weighted by atomic mass is 10.4. The van der Waals surface area contributed by atoms with Crippen molar-refractivity contribution in [1.82, 2.24) is 4.98 Å². The van der Waals surface area contributed by atoms with Crippen molar-refractivity contribution in [2.24, 2.45) is 0 Å². The zero-order valence-electron chi connectivity index (χ0n) is 8.06. The van der Waals surface area contributed by atoms with Crippen molar-refractivity contribution in [3.8, 4) is 5.88 Å². The largest absolute Gasteiger partial charge is 0.481 e. The Labute approximate surface area is 87.5 Å². The zero-order valence-corrected chi connectivity index (χ0v) is 8.88. The van der Waals surface area contributed by atoms with E-state index in [-0.39, 0.29) is 6.61 Å². The van der Waals surface area contributed by atoms with Gasteiger partial charge in [-0.25, -0.2) is 4.98 Å². The van der Waals surface area contributed by atoms with Gasteiger partial charge in [0, 0.05) is 18.4 Å². The van der Waals surface area contributed by atoms with Crippen LogP contribution in [0.2, 0.25) is 0 Å². The number of nitrogens with two attached hydrogens (primary N) is 1.